The number of carboxylic acids is 2. The average molecular weight is 1540 g/mol. The summed E-state index contributed by atoms with van der Waals surface area (Å²) >= 11 is 0. The lowest BCUT2D eigenvalue weighted by atomic mass is 10.0. The summed E-state index contributed by atoms with van der Waals surface area (Å²) < 4.78 is 130. The lowest BCUT2D eigenvalue weighted by Crippen LogP contribution is -2.31. The van der Waals surface area contributed by atoms with Crippen LogP contribution in [0.15, 0.2) is 146 Å². The van der Waals surface area contributed by atoms with Crippen LogP contribution in [0.1, 0.15) is 207 Å². The standard InChI is InChI=1S/C26H27F3N4O3.C25H25F3N4O3.C16H16F3N3O2.C10H13NO2.ClH/c1-15(18-5-7-20(8-6-18)25(35)36-4)30-23(34)22-16(2)31-33-14-13-32(24(22)33)17(3)19-9-11-21(12-10-19)26(27,28)29;1-14(17-4-6-19(7-5-17)24(34)35)29-22(33)21-15(2)30-32-13-12-31(23(21)32)16(3)18-8-10-20(11-9-18)25(26,27)28;1-9-13(15(23)24)14-21(7-8-22(14)20-9)10(2)11-3-5-12(6-4-11)16(17,18)19;1-7(11)8-3-5-9(6-4-8)10(12)13-2;/h5-12,15,17H,13-14H2,1-4H3,(H,30,34);4-11,14,16H,12-13H2,1-3H3,(H,29,33)(H,34,35);3-6,10H,7-8H2,1-2H3,(H,23,24);3-7H,11H2,1-2H3;1H/t15-,17+;14-,16+;10-;7-;/m0010./s1. The molecular formula is C77H82ClF9N12O10. The number of nitrogens with one attached hydrogen (secondary N) is 2. The predicted molar refractivity (Wildman–Crippen MR) is 390 cm³/mol. The minimum absolute atomic E-state index is 0. The Balaban J connectivity index is 0.000000192. The summed E-state index contributed by atoms with van der Waals surface area (Å²) in [6.45, 7) is 19.7. The van der Waals surface area contributed by atoms with Crippen molar-refractivity contribution in [3.8, 4) is 0 Å². The molecule has 0 saturated heterocycles. The maximum atomic E-state index is 13.4. The quantitative estimate of drug-likeness (QED) is 0.0418. The number of anilines is 3. The fourth-order valence-electron chi connectivity index (χ4n) is 13.0. The first-order valence-corrected chi connectivity index (χ1v) is 34.2. The number of aromatic carboxylic acids is 2. The number of benzene rings is 6. The van der Waals surface area contributed by atoms with E-state index >= 15 is 0 Å². The third-order valence-corrected chi connectivity index (χ3v) is 19.1. The van der Waals surface area contributed by atoms with E-state index in [1.165, 1.54) is 62.8 Å². The minimum Gasteiger partial charge on any atom is -0.478 e. The van der Waals surface area contributed by atoms with E-state index in [9.17, 15) is 73.4 Å². The van der Waals surface area contributed by atoms with Crippen LogP contribution in [0.5, 0.6) is 0 Å². The van der Waals surface area contributed by atoms with Crippen molar-refractivity contribution < 1.29 is 88.0 Å². The Morgan fingerprint density at radius 3 is 0.908 bits per heavy atom. The topological polar surface area (TPSA) is 275 Å². The molecule has 0 unspecified atom stereocenters. The van der Waals surface area contributed by atoms with Crippen LogP contribution < -0.4 is 31.1 Å². The molecule has 580 valence electrons. The van der Waals surface area contributed by atoms with Gasteiger partial charge in [0, 0.05) is 25.7 Å². The number of halogens is 10. The van der Waals surface area contributed by atoms with Crippen LogP contribution in [0.3, 0.4) is 0 Å². The number of hydrogen-bond acceptors (Lipinski definition) is 15. The Morgan fingerprint density at radius 1 is 0.394 bits per heavy atom. The predicted octanol–water partition coefficient (Wildman–Crippen LogP) is 15.5. The number of alkyl halides is 9. The second kappa shape index (κ2) is 34.4. The maximum Gasteiger partial charge on any atom is 0.416 e. The zero-order chi connectivity index (χ0) is 79.2. The molecule has 6 atom stereocenters. The Bertz CT molecular complexity index is 4720. The highest BCUT2D eigenvalue weighted by Crippen LogP contribution is 2.41. The summed E-state index contributed by atoms with van der Waals surface area (Å²) in [7, 11) is 2.68. The zero-order valence-corrected chi connectivity index (χ0v) is 62.0. The number of methoxy groups -OCH3 is 2. The number of esters is 2. The fourth-order valence-corrected chi connectivity index (χ4v) is 13.0. The van der Waals surface area contributed by atoms with Gasteiger partial charge in [0.25, 0.3) is 11.8 Å². The number of fused-ring (bicyclic) bond motifs is 3. The summed E-state index contributed by atoms with van der Waals surface area (Å²) in [4.78, 5) is 77.8. The first-order valence-electron chi connectivity index (χ1n) is 34.2. The number of amides is 2. The van der Waals surface area contributed by atoms with Crippen LogP contribution in [0.25, 0.3) is 0 Å². The first kappa shape index (κ1) is 83.4. The number of carbonyl (C=O) groups excluding carboxylic acids is 4. The molecular weight excluding hydrogens is 1460 g/mol. The second-order valence-electron chi connectivity index (χ2n) is 26.1. The highest BCUT2D eigenvalue weighted by molar-refractivity contribution is 6.02. The van der Waals surface area contributed by atoms with E-state index in [1.54, 1.807) is 90.3 Å². The number of carboxylic acid groups (broad SMARTS) is 2. The molecule has 22 nitrogen and oxygen atoms in total. The molecule has 0 fully saturated rings. The first-order chi connectivity index (χ1) is 50.8. The largest absolute Gasteiger partial charge is 0.478 e. The summed E-state index contributed by atoms with van der Waals surface area (Å²) in [5, 5.41) is 37.7. The summed E-state index contributed by atoms with van der Waals surface area (Å²) in [5.74, 6) is -1.70. The third-order valence-electron chi connectivity index (χ3n) is 19.1. The molecule has 9 aromatic rings. The molecule has 0 bridgehead atoms. The van der Waals surface area contributed by atoms with Gasteiger partial charge in [-0.1, -0.05) is 72.8 Å². The van der Waals surface area contributed by atoms with Crippen molar-refractivity contribution in [3.63, 3.8) is 0 Å². The van der Waals surface area contributed by atoms with Crippen LogP contribution in [0.4, 0.5) is 57.0 Å². The van der Waals surface area contributed by atoms with E-state index < -0.39 is 53.1 Å². The van der Waals surface area contributed by atoms with E-state index in [-0.39, 0.29) is 77.6 Å². The number of rotatable bonds is 17. The highest BCUT2D eigenvalue weighted by atomic mass is 35.5. The number of ether oxygens (including phenoxy) is 2. The van der Waals surface area contributed by atoms with E-state index in [0.717, 1.165) is 53.1 Å². The molecule has 0 radical (unpaired) electrons. The molecule has 6 N–H and O–H groups in total. The number of nitrogens with zero attached hydrogens (tertiary/aromatic N) is 9. The smallest absolute Gasteiger partial charge is 0.416 e. The van der Waals surface area contributed by atoms with Crippen LogP contribution in [0.2, 0.25) is 0 Å². The number of carbonyl (C=O) groups is 6. The van der Waals surface area contributed by atoms with Crippen LogP contribution in [-0.4, -0.2) is 109 Å². The van der Waals surface area contributed by atoms with Gasteiger partial charge in [-0.3, -0.25) is 9.59 Å². The molecule has 6 heterocycles. The molecule has 0 saturated carbocycles. The van der Waals surface area contributed by atoms with Gasteiger partial charge in [-0.05, 0) is 168 Å². The van der Waals surface area contributed by atoms with Crippen molar-refractivity contribution in [1.82, 2.24) is 40.0 Å². The molecule has 0 spiro atoms. The molecule has 3 aromatic heterocycles. The lowest BCUT2D eigenvalue weighted by Gasteiger charge is -2.27. The summed E-state index contributed by atoms with van der Waals surface area (Å²) in [6, 6.07) is 33.7. The van der Waals surface area contributed by atoms with Crippen LogP contribution in [0, 0.1) is 20.8 Å². The van der Waals surface area contributed by atoms with Crippen molar-refractivity contribution in [1.29, 1.82) is 0 Å². The van der Waals surface area contributed by atoms with Gasteiger partial charge < -0.3 is 50.8 Å². The van der Waals surface area contributed by atoms with Gasteiger partial charge in [0.1, 0.15) is 34.1 Å². The van der Waals surface area contributed by atoms with E-state index in [2.05, 4.69) is 30.7 Å². The monoisotopic (exact) mass is 1540 g/mol. The number of aromatic nitrogens is 6. The van der Waals surface area contributed by atoms with Gasteiger partial charge in [0.05, 0.1) is 115 Å². The number of aryl methyl sites for hydroxylation is 3. The molecule has 32 heteroatoms. The molecule has 6 aromatic carbocycles. The van der Waals surface area contributed by atoms with Crippen molar-refractivity contribution >= 4 is 65.6 Å². The Hall–Kier alpha value is -11.2. The summed E-state index contributed by atoms with van der Waals surface area (Å²) in [5.41, 5.74) is 11.9. The van der Waals surface area contributed by atoms with Gasteiger partial charge in [-0.15, -0.1) is 12.4 Å². The van der Waals surface area contributed by atoms with E-state index in [4.69, 9.17) is 15.6 Å². The minimum atomic E-state index is -4.40. The van der Waals surface area contributed by atoms with E-state index in [1.807, 2.05) is 61.5 Å². The normalized spacial score (nSPS) is 14.6. The van der Waals surface area contributed by atoms with Gasteiger partial charge >= 0.3 is 42.4 Å². The molecule has 109 heavy (non-hydrogen) atoms. The SMILES string of the molecule is COC(=O)c1ccc([C@H](C)N)cc1.COC(=O)c1ccc([C@H](C)NC(=O)c2c(C)nn3c2N([C@H](C)c2ccc(C(F)(F)F)cc2)CC3)cc1.Cc1nn2c(c1C(=O)N[C@@H](C)c1ccc(C(=O)O)cc1)N([C@H](C)c1ccc(C(F)(F)F)cc1)CC2.Cc1nn2c(c1C(=O)O)N([C@H](C)c1ccc(C(F)(F)F)cc1)CC2.Cl. The van der Waals surface area contributed by atoms with Gasteiger partial charge in [-0.25, -0.2) is 33.2 Å². The van der Waals surface area contributed by atoms with Crippen molar-refractivity contribution in [2.24, 2.45) is 5.73 Å². The van der Waals surface area contributed by atoms with Crippen molar-refractivity contribution in [2.75, 3.05) is 48.6 Å². The third kappa shape index (κ3) is 19.0. The maximum absolute atomic E-state index is 13.4. The molecule has 0 aliphatic carbocycles. The van der Waals surface area contributed by atoms with Gasteiger partial charge in [0.15, 0.2) is 0 Å². The molecule has 3 aliphatic rings. The molecule has 12 rings (SSSR count). The molecule has 2 amide bonds. The summed E-state index contributed by atoms with van der Waals surface area (Å²) in [6.07, 6.45) is -13.2. The Morgan fingerprint density at radius 2 is 0.651 bits per heavy atom. The van der Waals surface area contributed by atoms with E-state index in [0.29, 0.717) is 113 Å². The van der Waals surface area contributed by atoms with Gasteiger partial charge in [0.2, 0.25) is 0 Å². The van der Waals surface area contributed by atoms with Crippen molar-refractivity contribution in [2.45, 2.75) is 137 Å². The van der Waals surface area contributed by atoms with Crippen LogP contribution in [-0.2, 0) is 47.6 Å². The Labute approximate surface area is 628 Å². The fraction of sp³-hybridized carbons (Fsp3) is 0.338. The highest BCUT2D eigenvalue weighted by Gasteiger charge is 2.39. The number of hydrogen-bond donors (Lipinski definition) is 5. The second-order valence-corrected chi connectivity index (χ2v) is 26.1. The number of nitrogens with two attached hydrogens (primary N) is 1. The average Bonchev–Trinajstić information content (AvgIpc) is 1.62. The lowest BCUT2D eigenvalue weighted by molar-refractivity contribution is -0.138. The zero-order valence-electron chi connectivity index (χ0n) is 61.1. The van der Waals surface area contributed by atoms with Crippen molar-refractivity contribution in [3.05, 3.63) is 246 Å². The van der Waals surface area contributed by atoms with Crippen LogP contribution >= 0.6 is 12.4 Å². The Kier molecular flexibility index (Phi) is 26.3. The van der Waals surface area contributed by atoms with Gasteiger partial charge in [-0.2, -0.15) is 54.8 Å². The molecule has 3 aliphatic heterocycles.